The Labute approximate surface area is 141 Å². The van der Waals surface area contributed by atoms with Gasteiger partial charge in [-0.25, -0.2) is 4.98 Å². The Kier molecular flexibility index (Phi) is 5.39. The zero-order valence-corrected chi connectivity index (χ0v) is 14.4. The lowest BCUT2D eigenvalue weighted by atomic mass is 9.94. The van der Waals surface area contributed by atoms with Crippen LogP contribution in [0, 0.1) is 0 Å². The van der Waals surface area contributed by atoms with Crippen LogP contribution >= 0.6 is 11.3 Å². The second-order valence-corrected chi connectivity index (χ2v) is 6.89. The quantitative estimate of drug-likeness (QED) is 0.835. The van der Waals surface area contributed by atoms with Gasteiger partial charge in [0, 0.05) is 35.9 Å². The van der Waals surface area contributed by atoms with Crippen LogP contribution in [0.4, 0.5) is 0 Å². The zero-order valence-electron chi connectivity index (χ0n) is 13.6. The highest BCUT2D eigenvalue weighted by molar-refractivity contribution is 7.13. The minimum Gasteiger partial charge on any atom is -0.340 e. The maximum Gasteiger partial charge on any atom is 0.228 e. The van der Waals surface area contributed by atoms with Crippen LogP contribution < -0.4 is 0 Å². The van der Waals surface area contributed by atoms with Crippen molar-refractivity contribution in [1.82, 2.24) is 14.9 Å². The van der Waals surface area contributed by atoms with Gasteiger partial charge < -0.3 is 4.90 Å². The summed E-state index contributed by atoms with van der Waals surface area (Å²) in [5, 5.41) is 2.93. The number of aromatic nitrogens is 2. The first kappa shape index (κ1) is 16.1. The first-order valence-corrected chi connectivity index (χ1v) is 9.30. The number of pyridine rings is 1. The van der Waals surface area contributed by atoms with Gasteiger partial charge in [-0.1, -0.05) is 19.3 Å². The summed E-state index contributed by atoms with van der Waals surface area (Å²) in [5.41, 5.74) is 1.88. The first-order valence-electron chi connectivity index (χ1n) is 8.42. The Morgan fingerprint density at radius 3 is 2.87 bits per heavy atom. The summed E-state index contributed by atoms with van der Waals surface area (Å²) in [7, 11) is 0. The molecule has 0 atom stereocenters. The molecule has 0 unspecified atom stereocenters. The predicted octanol–water partition coefficient (Wildman–Crippen LogP) is 3.93. The molecule has 23 heavy (non-hydrogen) atoms. The van der Waals surface area contributed by atoms with Crippen molar-refractivity contribution in [3.05, 3.63) is 35.6 Å². The molecule has 1 amide bonds. The molecule has 0 bridgehead atoms. The average molecular weight is 329 g/mol. The van der Waals surface area contributed by atoms with Gasteiger partial charge >= 0.3 is 0 Å². The number of hydrogen-bond acceptors (Lipinski definition) is 4. The summed E-state index contributed by atoms with van der Waals surface area (Å²) in [5.74, 6) is 0.211. The number of hydrogen-bond donors (Lipinski definition) is 0. The van der Waals surface area contributed by atoms with Crippen LogP contribution in [-0.2, 0) is 11.2 Å². The lowest BCUT2D eigenvalue weighted by Gasteiger charge is -2.33. The molecule has 0 N–H and O–H groups in total. The summed E-state index contributed by atoms with van der Waals surface area (Å²) in [6.07, 6.45) is 10.1. The highest BCUT2D eigenvalue weighted by Crippen LogP contribution is 2.25. The van der Waals surface area contributed by atoms with Crippen molar-refractivity contribution in [3.63, 3.8) is 0 Å². The number of amides is 1. The predicted molar refractivity (Wildman–Crippen MR) is 93.3 cm³/mol. The average Bonchev–Trinajstić information content (AvgIpc) is 3.06. The molecule has 1 fully saturated rings. The Morgan fingerprint density at radius 1 is 1.35 bits per heavy atom. The maximum absolute atomic E-state index is 12.7. The molecule has 0 spiro atoms. The molecule has 1 aliphatic rings. The van der Waals surface area contributed by atoms with Crippen molar-refractivity contribution in [2.45, 2.75) is 51.5 Å². The van der Waals surface area contributed by atoms with Gasteiger partial charge in [-0.2, -0.15) is 0 Å². The lowest BCUT2D eigenvalue weighted by molar-refractivity contribution is -0.133. The van der Waals surface area contributed by atoms with Crippen molar-refractivity contribution in [2.75, 3.05) is 6.54 Å². The number of carbonyl (C=O) groups excluding carboxylic acids is 1. The third kappa shape index (κ3) is 3.96. The molecule has 0 aromatic carbocycles. The van der Waals surface area contributed by atoms with Gasteiger partial charge in [0.05, 0.1) is 12.1 Å². The SMILES string of the molecule is CCN(C(=O)Cc1csc(-c2cccnc2)n1)C1CCCCC1. The zero-order chi connectivity index (χ0) is 16.1. The van der Waals surface area contributed by atoms with Crippen LogP contribution in [0.15, 0.2) is 29.9 Å². The van der Waals surface area contributed by atoms with E-state index in [1.165, 1.54) is 19.3 Å². The fourth-order valence-corrected chi connectivity index (χ4v) is 4.11. The summed E-state index contributed by atoms with van der Waals surface area (Å²) in [4.78, 5) is 23.5. The van der Waals surface area contributed by atoms with Crippen LogP contribution in [-0.4, -0.2) is 33.4 Å². The van der Waals surface area contributed by atoms with Gasteiger partial charge in [0.2, 0.25) is 5.91 Å². The molecular weight excluding hydrogens is 306 g/mol. The Balaban J connectivity index is 1.66. The van der Waals surface area contributed by atoms with Crippen LogP contribution in [0.3, 0.4) is 0 Å². The first-order chi connectivity index (χ1) is 11.3. The maximum atomic E-state index is 12.7. The fraction of sp³-hybridized carbons (Fsp3) is 0.500. The van der Waals surface area contributed by atoms with Crippen molar-refractivity contribution in [3.8, 4) is 10.6 Å². The monoisotopic (exact) mass is 329 g/mol. The molecule has 3 rings (SSSR count). The minimum atomic E-state index is 0.211. The van der Waals surface area contributed by atoms with E-state index in [1.54, 1.807) is 17.5 Å². The highest BCUT2D eigenvalue weighted by atomic mass is 32.1. The van der Waals surface area contributed by atoms with E-state index in [1.807, 2.05) is 23.7 Å². The molecule has 2 heterocycles. The molecule has 4 nitrogen and oxygen atoms in total. The molecule has 122 valence electrons. The summed E-state index contributed by atoms with van der Waals surface area (Å²) in [6.45, 7) is 2.87. The third-order valence-corrected chi connectivity index (χ3v) is 5.41. The van der Waals surface area contributed by atoms with E-state index in [0.717, 1.165) is 35.7 Å². The van der Waals surface area contributed by atoms with E-state index < -0.39 is 0 Å². The van der Waals surface area contributed by atoms with Gasteiger partial charge in [-0.05, 0) is 31.9 Å². The molecule has 1 saturated carbocycles. The topological polar surface area (TPSA) is 46.1 Å². The van der Waals surface area contributed by atoms with Crippen LogP contribution in [0.1, 0.15) is 44.7 Å². The molecule has 2 aromatic rings. The van der Waals surface area contributed by atoms with Crippen LogP contribution in [0.2, 0.25) is 0 Å². The van der Waals surface area contributed by atoms with E-state index in [0.29, 0.717) is 12.5 Å². The Morgan fingerprint density at radius 2 is 2.17 bits per heavy atom. The van der Waals surface area contributed by atoms with Crippen LogP contribution in [0.25, 0.3) is 10.6 Å². The fourth-order valence-electron chi connectivity index (χ4n) is 3.30. The largest absolute Gasteiger partial charge is 0.340 e. The van der Waals surface area contributed by atoms with E-state index in [-0.39, 0.29) is 5.91 Å². The number of nitrogens with zero attached hydrogens (tertiary/aromatic N) is 3. The van der Waals surface area contributed by atoms with Gasteiger partial charge in [0.1, 0.15) is 5.01 Å². The molecule has 2 aromatic heterocycles. The van der Waals surface area contributed by atoms with E-state index in [2.05, 4.69) is 21.8 Å². The van der Waals surface area contributed by atoms with E-state index in [4.69, 9.17) is 0 Å². The van der Waals surface area contributed by atoms with Gasteiger partial charge in [0.25, 0.3) is 0 Å². The third-order valence-electron chi connectivity index (χ3n) is 4.47. The second-order valence-electron chi connectivity index (χ2n) is 6.03. The summed E-state index contributed by atoms with van der Waals surface area (Å²) < 4.78 is 0. The second kappa shape index (κ2) is 7.68. The van der Waals surface area contributed by atoms with Crippen molar-refractivity contribution >= 4 is 17.2 Å². The van der Waals surface area contributed by atoms with Crippen molar-refractivity contribution < 1.29 is 4.79 Å². The smallest absolute Gasteiger partial charge is 0.228 e. The van der Waals surface area contributed by atoms with Crippen molar-refractivity contribution in [1.29, 1.82) is 0 Å². The molecule has 0 saturated heterocycles. The van der Waals surface area contributed by atoms with E-state index >= 15 is 0 Å². The van der Waals surface area contributed by atoms with Gasteiger partial charge in [-0.3, -0.25) is 9.78 Å². The summed E-state index contributed by atoms with van der Waals surface area (Å²) in [6, 6.07) is 4.33. The molecule has 0 radical (unpaired) electrons. The van der Waals surface area contributed by atoms with Gasteiger partial charge in [0.15, 0.2) is 0 Å². The number of thiazole rings is 1. The molecule has 5 heteroatoms. The van der Waals surface area contributed by atoms with E-state index in [9.17, 15) is 4.79 Å². The highest BCUT2D eigenvalue weighted by Gasteiger charge is 2.24. The van der Waals surface area contributed by atoms with Crippen molar-refractivity contribution in [2.24, 2.45) is 0 Å². The lowest BCUT2D eigenvalue weighted by Crippen LogP contribution is -2.42. The normalized spacial score (nSPS) is 15.5. The van der Waals surface area contributed by atoms with Gasteiger partial charge in [-0.15, -0.1) is 11.3 Å². The van der Waals surface area contributed by atoms with Crippen LogP contribution in [0.5, 0.6) is 0 Å². The molecule has 1 aliphatic carbocycles. The number of carbonyl (C=O) groups is 1. The minimum absolute atomic E-state index is 0.211. The molecule has 0 aliphatic heterocycles. The Bertz CT molecular complexity index is 635. The standard InChI is InChI=1S/C18H23N3OS/c1-2-21(16-8-4-3-5-9-16)17(22)11-15-13-23-18(20-15)14-7-6-10-19-12-14/h6-7,10,12-13,16H,2-5,8-9,11H2,1H3. The Hall–Kier alpha value is -1.75. The summed E-state index contributed by atoms with van der Waals surface area (Å²) >= 11 is 1.58. The molecular formula is C18H23N3OS. The number of rotatable bonds is 5. The number of likely N-dealkylation sites (N-methyl/N-ethyl adjacent to an activating group) is 1.